The van der Waals surface area contributed by atoms with Crippen molar-refractivity contribution >= 4 is 11.9 Å². The molecule has 0 N–H and O–H groups in total. The molecule has 0 radical (unpaired) electrons. The van der Waals surface area contributed by atoms with Gasteiger partial charge in [0.15, 0.2) is 5.92 Å². The molecule has 0 aliphatic rings. The molecule has 1 aromatic carbocycles. The fraction of sp³-hybridized carbons (Fsp3) is 0.529. The van der Waals surface area contributed by atoms with E-state index < -0.39 is 17.9 Å². The van der Waals surface area contributed by atoms with Gasteiger partial charge in [-0.15, -0.1) is 0 Å². The Morgan fingerprint density at radius 2 is 1.73 bits per heavy atom. The second-order valence-electron chi connectivity index (χ2n) is 4.99. The van der Waals surface area contributed by atoms with Crippen LogP contribution in [0.1, 0.15) is 38.7 Å². The lowest BCUT2D eigenvalue weighted by Crippen LogP contribution is -2.29. The van der Waals surface area contributed by atoms with Gasteiger partial charge in [0.05, 0.1) is 13.2 Å². The summed E-state index contributed by atoms with van der Waals surface area (Å²) in [5, 5.41) is 0. The molecule has 0 heterocycles. The maximum atomic E-state index is 12.9. The van der Waals surface area contributed by atoms with Crippen molar-refractivity contribution < 1.29 is 23.5 Å². The number of ether oxygens (including phenoxy) is 2. The Kier molecular flexibility index (Phi) is 8.18. The van der Waals surface area contributed by atoms with Gasteiger partial charge in [-0.25, -0.2) is 4.39 Å². The summed E-state index contributed by atoms with van der Waals surface area (Å²) in [7, 11) is 0. The van der Waals surface area contributed by atoms with Gasteiger partial charge in [-0.1, -0.05) is 25.5 Å². The maximum absolute atomic E-state index is 12.9. The van der Waals surface area contributed by atoms with Crippen LogP contribution < -0.4 is 0 Å². The molecule has 0 fully saturated rings. The third kappa shape index (κ3) is 6.24. The zero-order valence-electron chi connectivity index (χ0n) is 13.1. The van der Waals surface area contributed by atoms with Gasteiger partial charge in [0, 0.05) is 0 Å². The summed E-state index contributed by atoms with van der Waals surface area (Å²) >= 11 is 0. The van der Waals surface area contributed by atoms with Crippen LogP contribution in [0.4, 0.5) is 4.39 Å². The van der Waals surface area contributed by atoms with Crippen LogP contribution in [0.15, 0.2) is 24.3 Å². The summed E-state index contributed by atoms with van der Waals surface area (Å²) in [4.78, 5) is 23.9. The van der Waals surface area contributed by atoms with E-state index in [-0.39, 0.29) is 18.8 Å². The van der Waals surface area contributed by atoms with Crippen molar-refractivity contribution in [3.63, 3.8) is 0 Å². The standard InChI is InChI=1S/C17H23FO4/c1-3-5-12-22-17(20)15(16(19)21-4-2)11-8-13-6-9-14(18)10-7-13/h6-7,9-10,15H,3-5,8,11-12H2,1-2H3. The second kappa shape index (κ2) is 9.92. The van der Waals surface area contributed by atoms with Crippen molar-refractivity contribution in [2.24, 2.45) is 5.92 Å². The highest BCUT2D eigenvalue weighted by Crippen LogP contribution is 2.15. The van der Waals surface area contributed by atoms with Crippen molar-refractivity contribution in [2.75, 3.05) is 13.2 Å². The molecule has 0 saturated heterocycles. The number of carbonyl (C=O) groups is 2. The molecule has 0 saturated carbocycles. The minimum Gasteiger partial charge on any atom is -0.465 e. The highest BCUT2D eigenvalue weighted by Gasteiger charge is 2.29. The smallest absolute Gasteiger partial charge is 0.320 e. The van der Waals surface area contributed by atoms with Crippen LogP contribution in [0.2, 0.25) is 0 Å². The van der Waals surface area contributed by atoms with Gasteiger partial charge >= 0.3 is 11.9 Å². The number of carbonyl (C=O) groups excluding carboxylic acids is 2. The van der Waals surface area contributed by atoms with Crippen LogP contribution in [-0.2, 0) is 25.5 Å². The van der Waals surface area contributed by atoms with Gasteiger partial charge in [-0.3, -0.25) is 9.59 Å². The first kappa shape index (κ1) is 18.1. The topological polar surface area (TPSA) is 52.6 Å². The van der Waals surface area contributed by atoms with Crippen LogP contribution >= 0.6 is 0 Å². The Labute approximate surface area is 130 Å². The summed E-state index contributed by atoms with van der Waals surface area (Å²) in [6.45, 7) is 4.21. The predicted octanol–water partition coefficient (Wildman–Crippen LogP) is 3.28. The Morgan fingerprint density at radius 3 is 2.32 bits per heavy atom. The molecule has 0 aromatic heterocycles. The van der Waals surface area contributed by atoms with Gasteiger partial charge in [0.2, 0.25) is 0 Å². The Balaban J connectivity index is 2.62. The van der Waals surface area contributed by atoms with E-state index in [9.17, 15) is 14.0 Å². The lowest BCUT2D eigenvalue weighted by atomic mass is 9.99. The molecule has 122 valence electrons. The predicted molar refractivity (Wildman–Crippen MR) is 80.7 cm³/mol. The maximum Gasteiger partial charge on any atom is 0.320 e. The lowest BCUT2D eigenvalue weighted by Gasteiger charge is -2.14. The van der Waals surface area contributed by atoms with Crippen LogP contribution in [0, 0.1) is 11.7 Å². The molecule has 22 heavy (non-hydrogen) atoms. The van der Waals surface area contributed by atoms with Crippen LogP contribution in [0.5, 0.6) is 0 Å². The van der Waals surface area contributed by atoms with Crippen LogP contribution in [0.25, 0.3) is 0 Å². The minimum absolute atomic E-state index is 0.216. The largest absolute Gasteiger partial charge is 0.465 e. The Bertz CT molecular complexity index is 470. The highest BCUT2D eigenvalue weighted by molar-refractivity contribution is 5.94. The summed E-state index contributed by atoms with van der Waals surface area (Å²) in [6.07, 6.45) is 2.44. The molecule has 0 spiro atoms. The van der Waals surface area contributed by atoms with E-state index in [4.69, 9.17) is 9.47 Å². The fourth-order valence-electron chi connectivity index (χ4n) is 1.95. The number of aryl methyl sites for hydroxylation is 1. The number of halogens is 1. The molecule has 1 rings (SSSR count). The first-order valence-corrected chi connectivity index (χ1v) is 7.66. The third-order valence-corrected chi connectivity index (χ3v) is 3.23. The first-order chi connectivity index (χ1) is 10.6. The molecule has 1 aromatic rings. The number of unbranched alkanes of at least 4 members (excludes halogenated alkanes) is 1. The molecule has 0 aliphatic heterocycles. The van der Waals surface area contributed by atoms with E-state index in [0.29, 0.717) is 13.0 Å². The van der Waals surface area contributed by atoms with E-state index in [1.807, 2.05) is 6.92 Å². The quantitative estimate of drug-likeness (QED) is 0.399. The van der Waals surface area contributed by atoms with Crippen molar-refractivity contribution in [3.05, 3.63) is 35.6 Å². The number of benzene rings is 1. The number of esters is 2. The lowest BCUT2D eigenvalue weighted by molar-refractivity contribution is -0.162. The van der Waals surface area contributed by atoms with Crippen molar-refractivity contribution in [3.8, 4) is 0 Å². The normalized spacial score (nSPS) is 11.8. The van der Waals surface area contributed by atoms with Crippen LogP contribution in [-0.4, -0.2) is 25.2 Å². The molecular formula is C17H23FO4. The summed E-state index contributed by atoms with van der Waals surface area (Å²) in [6, 6.07) is 5.99. The summed E-state index contributed by atoms with van der Waals surface area (Å²) in [5.41, 5.74) is 0.858. The van der Waals surface area contributed by atoms with Gasteiger partial charge in [0.1, 0.15) is 5.82 Å². The molecule has 1 atom stereocenters. The summed E-state index contributed by atoms with van der Waals surface area (Å²) < 4.78 is 22.9. The minimum atomic E-state index is -0.929. The second-order valence-corrected chi connectivity index (χ2v) is 4.99. The van der Waals surface area contributed by atoms with Crippen molar-refractivity contribution in [1.82, 2.24) is 0 Å². The molecule has 0 aliphatic carbocycles. The van der Waals surface area contributed by atoms with E-state index >= 15 is 0 Å². The monoisotopic (exact) mass is 310 g/mol. The number of rotatable bonds is 9. The fourth-order valence-corrected chi connectivity index (χ4v) is 1.95. The zero-order valence-corrected chi connectivity index (χ0v) is 13.1. The Hall–Kier alpha value is -1.91. The average Bonchev–Trinajstić information content (AvgIpc) is 2.50. The number of hydrogen-bond donors (Lipinski definition) is 0. The Morgan fingerprint density at radius 1 is 1.09 bits per heavy atom. The SMILES string of the molecule is CCCCOC(=O)C(CCc1ccc(F)cc1)C(=O)OCC. The van der Waals surface area contributed by atoms with Gasteiger partial charge in [-0.2, -0.15) is 0 Å². The van der Waals surface area contributed by atoms with E-state index in [1.165, 1.54) is 12.1 Å². The van der Waals surface area contributed by atoms with Gasteiger partial charge < -0.3 is 9.47 Å². The molecule has 4 nitrogen and oxygen atoms in total. The van der Waals surface area contributed by atoms with Gasteiger partial charge in [-0.05, 0) is 43.9 Å². The molecule has 1 unspecified atom stereocenters. The highest BCUT2D eigenvalue weighted by atomic mass is 19.1. The first-order valence-electron chi connectivity index (χ1n) is 7.66. The molecular weight excluding hydrogens is 287 g/mol. The molecule has 5 heteroatoms. The number of hydrogen-bond acceptors (Lipinski definition) is 4. The zero-order chi connectivity index (χ0) is 16.4. The van der Waals surface area contributed by atoms with E-state index in [0.717, 1.165) is 18.4 Å². The van der Waals surface area contributed by atoms with Gasteiger partial charge in [0.25, 0.3) is 0 Å². The van der Waals surface area contributed by atoms with E-state index in [2.05, 4.69) is 0 Å². The average molecular weight is 310 g/mol. The van der Waals surface area contributed by atoms with Crippen LogP contribution in [0.3, 0.4) is 0 Å². The summed E-state index contributed by atoms with van der Waals surface area (Å²) in [5.74, 6) is -2.35. The third-order valence-electron chi connectivity index (χ3n) is 3.23. The molecule has 0 bridgehead atoms. The van der Waals surface area contributed by atoms with Crippen molar-refractivity contribution in [2.45, 2.75) is 39.5 Å². The molecule has 0 amide bonds. The van der Waals surface area contributed by atoms with E-state index in [1.54, 1.807) is 19.1 Å². The van der Waals surface area contributed by atoms with Crippen molar-refractivity contribution in [1.29, 1.82) is 0 Å².